The number of aliphatic carboxylic acids is 1. The van der Waals surface area contributed by atoms with Crippen LogP contribution in [0.2, 0.25) is 0 Å². The fourth-order valence-corrected chi connectivity index (χ4v) is 1.76. The molecule has 74 valence electrons. The molecular weight excluding hydrogens is 166 g/mol. The highest BCUT2D eigenvalue weighted by Gasteiger charge is 2.31. The monoisotopic (exact) mass is 183 g/mol. The van der Waals surface area contributed by atoms with Crippen LogP contribution in [0.15, 0.2) is 0 Å². The average molecular weight is 183 g/mol. The number of hydrogen-bond acceptors (Lipinski definition) is 2. The molecule has 0 bridgehead atoms. The Hall–Kier alpha value is -0.570. The van der Waals surface area contributed by atoms with Crippen molar-refractivity contribution in [1.29, 1.82) is 0 Å². The van der Waals surface area contributed by atoms with Crippen molar-refractivity contribution in [3.8, 4) is 0 Å². The molecule has 0 aromatic heterocycles. The van der Waals surface area contributed by atoms with E-state index in [1.165, 1.54) is 32.1 Å². The van der Waals surface area contributed by atoms with Gasteiger partial charge in [0.15, 0.2) is 0 Å². The van der Waals surface area contributed by atoms with Crippen LogP contribution in [0, 0.1) is 5.92 Å². The zero-order valence-electron chi connectivity index (χ0n) is 7.91. The molecule has 0 radical (unpaired) electrons. The van der Waals surface area contributed by atoms with Gasteiger partial charge in [-0.1, -0.05) is 12.8 Å². The Labute approximate surface area is 78.7 Å². The SMILES string of the molecule is O=C(O)CN(CCC1CC1)C1CC1. The van der Waals surface area contributed by atoms with Gasteiger partial charge in [0.2, 0.25) is 0 Å². The quantitative estimate of drug-likeness (QED) is 0.675. The van der Waals surface area contributed by atoms with Gasteiger partial charge in [-0.15, -0.1) is 0 Å². The topological polar surface area (TPSA) is 40.5 Å². The summed E-state index contributed by atoms with van der Waals surface area (Å²) in [7, 11) is 0. The highest BCUT2D eigenvalue weighted by Crippen LogP contribution is 2.34. The Morgan fingerprint density at radius 3 is 2.46 bits per heavy atom. The Bertz CT molecular complexity index is 197. The van der Waals surface area contributed by atoms with Crippen molar-refractivity contribution in [2.24, 2.45) is 5.92 Å². The van der Waals surface area contributed by atoms with Gasteiger partial charge in [-0.05, 0) is 31.7 Å². The van der Waals surface area contributed by atoms with Gasteiger partial charge in [0.25, 0.3) is 0 Å². The normalized spacial score (nSPS) is 22.2. The number of rotatable bonds is 6. The Balaban J connectivity index is 1.71. The lowest BCUT2D eigenvalue weighted by molar-refractivity contribution is -0.138. The molecule has 0 aliphatic heterocycles. The zero-order valence-corrected chi connectivity index (χ0v) is 7.91. The summed E-state index contributed by atoms with van der Waals surface area (Å²) in [5.41, 5.74) is 0. The van der Waals surface area contributed by atoms with E-state index in [4.69, 9.17) is 5.11 Å². The maximum atomic E-state index is 10.6. The molecule has 3 heteroatoms. The van der Waals surface area contributed by atoms with Crippen LogP contribution < -0.4 is 0 Å². The van der Waals surface area contributed by atoms with E-state index in [0.717, 1.165) is 12.5 Å². The Morgan fingerprint density at radius 1 is 1.31 bits per heavy atom. The van der Waals surface area contributed by atoms with Crippen molar-refractivity contribution >= 4 is 5.97 Å². The molecule has 0 aromatic carbocycles. The van der Waals surface area contributed by atoms with Gasteiger partial charge in [0.1, 0.15) is 0 Å². The van der Waals surface area contributed by atoms with E-state index in [1.54, 1.807) is 0 Å². The van der Waals surface area contributed by atoms with E-state index in [2.05, 4.69) is 4.90 Å². The summed E-state index contributed by atoms with van der Waals surface area (Å²) in [6.07, 6.45) is 6.36. The predicted octanol–water partition coefficient (Wildman–Crippen LogP) is 1.34. The molecule has 2 aliphatic rings. The number of carboxylic acids is 1. The lowest BCUT2D eigenvalue weighted by atomic mass is 10.2. The molecule has 0 heterocycles. The Kier molecular flexibility index (Phi) is 2.54. The van der Waals surface area contributed by atoms with Gasteiger partial charge in [0, 0.05) is 6.04 Å². The van der Waals surface area contributed by atoms with Gasteiger partial charge >= 0.3 is 5.97 Å². The molecule has 13 heavy (non-hydrogen) atoms. The summed E-state index contributed by atoms with van der Waals surface area (Å²) < 4.78 is 0. The summed E-state index contributed by atoms with van der Waals surface area (Å²) in [4.78, 5) is 12.7. The maximum absolute atomic E-state index is 10.6. The molecule has 0 amide bonds. The summed E-state index contributed by atoms with van der Waals surface area (Å²) >= 11 is 0. The van der Waals surface area contributed by atoms with E-state index in [0.29, 0.717) is 6.04 Å². The fourth-order valence-electron chi connectivity index (χ4n) is 1.76. The second kappa shape index (κ2) is 3.66. The molecule has 2 fully saturated rings. The standard InChI is InChI=1S/C10H17NO2/c12-10(13)7-11(9-3-4-9)6-5-8-1-2-8/h8-9H,1-7H2,(H,12,13). The molecule has 3 nitrogen and oxygen atoms in total. The van der Waals surface area contributed by atoms with Gasteiger partial charge in [-0.2, -0.15) is 0 Å². The lowest BCUT2D eigenvalue weighted by Gasteiger charge is -2.19. The van der Waals surface area contributed by atoms with Gasteiger partial charge in [-0.25, -0.2) is 0 Å². The summed E-state index contributed by atoms with van der Waals surface area (Å²) in [5.74, 6) is 0.234. The van der Waals surface area contributed by atoms with E-state index in [1.807, 2.05) is 0 Å². The van der Waals surface area contributed by atoms with Crippen molar-refractivity contribution < 1.29 is 9.90 Å². The first-order chi connectivity index (χ1) is 6.25. The van der Waals surface area contributed by atoms with E-state index < -0.39 is 5.97 Å². The lowest BCUT2D eigenvalue weighted by Crippen LogP contribution is -2.32. The molecule has 2 aliphatic carbocycles. The number of carbonyl (C=O) groups is 1. The maximum Gasteiger partial charge on any atom is 0.317 e. The second-order valence-corrected chi connectivity index (χ2v) is 4.33. The van der Waals surface area contributed by atoms with Crippen molar-refractivity contribution in [2.45, 2.75) is 38.1 Å². The second-order valence-electron chi connectivity index (χ2n) is 4.33. The molecule has 0 atom stereocenters. The minimum Gasteiger partial charge on any atom is -0.480 e. The van der Waals surface area contributed by atoms with Crippen LogP contribution in [0.4, 0.5) is 0 Å². The molecular formula is C10H17NO2. The van der Waals surface area contributed by atoms with Crippen LogP contribution in [0.5, 0.6) is 0 Å². The summed E-state index contributed by atoms with van der Waals surface area (Å²) in [6, 6.07) is 0.592. The predicted molar refractivity (Wildman–Crippen MR) is 49.6 cm³/mol. The molecule has 2 rings (SSSR count). The molecule has 1 N–H and O–H groups in total. The van der Waals surface area contributed by atoms with E-state index >= 15 is 0 Å². The third-order valence-electron chi connectivity index (χ3n) is 2.92. The summed E-state index contributed by atoms with van der Waals surface area (Å²) in [6.45, 7) is 1.25. The molecule has 0 aromatic rings. The van der Waals surface area contributed by atoms with Crippen LogP contribution in [0.25, 0.3) is 0 Å². The smallest absolute Gasteiger partial charge is 0.317 e. The highest BCUT2D eigenvalue weighted by molar-refractivity contribution is 5.69. The van der Waals surface area contributed by atoms with Crippen LogP contribution in [0.1, 0.15) is 32.1 Å². The van der Waals surface area contributed by atoms with Crippen LogP contribution >= 0.6 is 0 Å². The Morgan fingerprint density at radius 2 is 2.00 bits per heavy atom. The van der Waals surface area contributed by atoms with Crippen molar-refractivity contribution in [1.82, 2.24) is 4.90 Å². The van der Waals surface area contributed by atoms with Crippen LogP contribution in [-0.4, -0.2) is 35.1 Å². The molecule has 2 saturated carbocycles. The van der Waals surface area contributed by atoms with E-state index in [-0.39, 0.29) is 6.54 Å². The number of nitrogens with zero attached hydrogens (tertiary/aromatic N) is 1. The van der Waals surface area contributed by atoms with Crippen molar-refractivity contribution in [3.05, 3.63) is 0 Å². The first kappa shape index (κ1) is 9.00. The largest absolute Gasteiger partial charge is 0.480 e. The minimum absolute atomic E-state index is 0.247. The first-order valence-corrected chi connectivity index (χ1v) is 5.21. The van der Waals surface area contributed by atoms with Crippen molar-refractivity contribution in [3.63, 3.8) is 0 Å². The highest BCUT2D eigenvalue weighted by atomic mass is 16.4. The van der Waals surface area contributed by atoms with E-state index in [9.17, 15) is 4.79 Å². The third kappa shape index (κ3) is 2.99. The molecule has 0 saturated heterocycles. The third-order valence-corrected chi connectivity index (χ3v) is 2.92. The molecule has 0 unspecified atom stereocenters. The fraction of sp³-hybridized carbons (Fsp3) is 0.900. The zero-order chi connectivity index (χ0) is 9.26. The van der Waals surface area contributed by atoms with Crippen molar-refractivity contribution in [2.75, 3.05) is 13.1 Å². The summed E-state index contributed by atoms with van der Waals surface area (Å²) in [5, 5.41) is 8.70. The minimum atomic E-state index is -0.678. The average Bonchev–Trinajstić information content (AvgIpc) is 2.88. The van der Waals surface area contributed by atoms with Crippen LogP contribution in [-0.2, 0) is 4.79 Å². The van der Waals surface area contributed by atoms with Gasteiger partial charge in [-0.3, -0.25) is 9.69 Å². The van der Waals surface area contributed by atoms with Gasteiger partial charge < -0.3 is 5.11 Å². The number of hydrogen-bond donors (Lipinski definition) is 1. The van der Waals surface area contributed by atoms with Gasteiger partial charge in [0.05, 0.1) is 6.54 Å². The number of carboxylic acid groups (broad SMARTS) is 1. The molecule has 0 spiro atoms. The van der Waals surface area contributed by atoms with Crippen LogP contribution in [0.3, 0.4) is 0 Å². The first-order valence-electron chi connectivity index (χ1n) is 5.21.